The summed E-state index contributed by atoms with van der Waals surface area (Å²) in [5.74, 6) is 0. The molecule has 11 rings (SSSR count). The van der Waals surface area contributed by atoms with Gasteiger partial charge < -0.3 is 9.80 Å². The van der Waals surface area contributed by atoms with Crippen LogP contribution in [0.5, 0.6) is 0 Å². The molecule has 0 fully saturated rings. The summed E-state index contributed by atoms with van der Waals surface area (Å²) in [6, 6.07) is 84.2. The zero-order valence-corrected chi connectivity index (χ0v) is 31.3. The van der Waals surface area contributed by atoms with Gasteiger partial charge in [-0.05, 0) is 105 Å². The molecular weight excluding hydrogens is 689 g/mol. The zero-order chi connectivity index (χ0) is 37.8. The van der Waals surface area contributed by atoms with Gasteiger partial charge in [0, 0.05) is 22.6 Å². The van der Waals surface area contributed by atoms with E-state index >= 15 is 0 Å². The molecule has 2 nitrogen and oxygen atoms in total. The van der Waals surface area contributed by atoms with Crippen LogP contribution in [0.1, 0.15) is 22.3 Å². The van der Waals surface area contributed by atoms with Gasteiger partial charge >= 0.3 is 0 Å². The van der Waals surface area contributed by atoms with Crippen LogP contribution in [0, 0.1) is 0 Å². The Morgan fingerprint density at radius 1 is 0.316 bits per heavy atom. The van der Waals surface area contributed by atoms with Crippen LogP contribution in [0.15, 0.2) is 231 Å². The SMILES string of the molecule is c1ccc(-c2ccc(N(c3ccc(-c4ccccc4)cc3)c3cccc4c3-c3ccccc3C43c4ccccc4N(c4ccccc4)c4ccccc43)cc2)cc1. The van der Waals surface area contributed by atoms with E-state index in [4.69, 9.17) is 0 Å². The Hall–Kier alpha value is -7.42. The molecule has 1 spiro atoms. The topological polar surface area (TPSA) is 6.48 Å². The van der Waals surface area contributed by atoms with Gasteiger partial charge in [0.25, 0.3) is 0 Å². The fraction of sp³-hybridized carbons (Fsp3) is 0.0182. The molecule has 9 aromatic rings. The molecule has 9 aromatic carbocycles. The molecule has 1 aliphatic heterocycles. The first-order valence-electron chi connectivity index (χ1n) is 19.7. The molecule has 2 heteroatoms. The molecule has 2 aliphatic rings. The van der Waals surface area contributed by atoms with Crippen molar-refractivity contribution in [3.05, 3.63) is 253 Å². The molecule has 268 valence electrons. The van der Waals surface area contributed by atoms with Crippen LogP contribution in [-0.2, 0) is 5.41 Å². The standard InChI is InChI=1S/C55H38N2/c1-4-17-39(18-5-1)41-31-35-44(36-32-41)56(45-37-33-42(34-38-45)40-19-6-2-7-20-40)53-30-16-27-50-54(53)46-23-10-11-24-47(46)55(50)48-25-12-14-28-51(48)57(43-21-8-3-9-22-43)52-29-15-13-26-49(52)55/h1-38H. The molecule has 0 saturated carbocycles. The van der Waals surface area contributed by atoms with E-state index in [9.17, 15) is 0 Å². The number of hydrogen-bond acceptors (Lipinski definition) is 2. The van der Waals surface area contributed by atoms with Crippen LogP contribution in [0.3, 0.4) is 0 Å². The molecule has 57 heavy (non-hydrogen) atoms. The Labute approximate surface area is 334 Å². The fourth-order valence-electron chi connectivity index (χ4n) is 9.47. The third kappa shape index (κ3) is 5.11. The van der Waals surface area contributed by atoms with E-state index in [-0.39, 0.29) is 0 Å². The Morgan fingerprint density at radius 3 is 1.28 bits per heavy atom. The smallest absolute Gasteiger partial charge is 0.0755 e. The van der Waals surface area contributed by atoms with E-state index < -0.39 is 5.41 Å². The summed E-state index contributed by atoms with van der Waals surface area (Å²) in [5.41, 5.74) is 18.8. The monoisotopic (exact) mass is 726 g/mol. The van der Waals surface area contributed by atoms with E-state index in [2.05, 4.69) is 240 Å². The molecule has 0 atom stereocenters. The van der Waals surface area contributed by atoms with E-state index in [0.717, 1.165) is 22.7 Å². The van der Waals surface area contributed by atoms with Gasteiger partial charge in [0.15, 0.2) is 0 Å². The van der Waals surface area contributed by atoms with Crippen molar-refractivity contribution in [3.8, 4) is 33.4 Å². The van der Waals surface area contributed by atoms with Gasteiger partial charge in [-0.25, -0.2) is 0 Å². The molecule has 0 amide bonds. The number of benzene rings is 9. The summed E-state index contributed by atoms with van der Waals surface area (Å²) in [7, 11) is 0. The predicted molar refractivity (Wildman–Crippen MR) is 238 cm³/mol. The molecule has 0 saturated heterocycles. The van der Waals surface area contributed by atoms with Crippen molar-refractivity contribution >= 4 is 34.1 Å². The highest BCUT2D eigenvalue weighted by molar-refractivity contribution is 6.01. The van der Waals surface area contributed by atoms with Crippen LogP contribution < -0.4 is 9.80 Å². The minimum Gasteiger partial charge on any atom is -0.310 e. The third-order valence-electron chi connectivity index (χ3n) is 11.9. The first-order valence-corrected chi connectivity index (χ1v) is 19.7. The van der Waals surface area contributed by atoms with Crippen LogP contribution in [0.4, 0.5) is 34.1 Å². The highest BCUT2D eigenvalue weighted by Gasteiger charge is 2.52. The Kier molecular flexibility index (Phi) is 7.75. The zero-order valence-electron chi connectivity index (χ0n) is 31.3. The summed E-state index contributed by atoms with van der Waals surface area (Å²) in [6.07, 6.45) is 0. The lowest BCUT2D eigenvalue weighted by molar-refractivity contribution is 0.752. The van der Waals surface area contributed by atoms with Crippen LogP contribution in [0.25, 0.3) is 33.4 Å². The Balaban J connectivity index is 1.16. The van der Waals surface area contributed by atoms with Crippen molar-refractivity contribution in [2.75, 3.05) is 9.80 Å². The molecule has 1 heterocycles. The van der Waals surface area contributed by atoms with Gasteiger partial charge in [0.05, 0.1) is 22.5 Å². The average Bonchev–Trinajstić information content (AvgIpc) is 3.59. The van der Waals surface area contributed by atoms with Crippen LogP contribution >= 0.6 is 0 Å². The summed E-state index contributed by atoms with van der Waals surface area (Å²) >= 11 is 0. The number of anilines is 6. The summed E-state index contributed by atoms with van der Waals surface area (Å²) in [4.78, 5) is 4.89. The molecule has 0 bridgehead atoms. The lowest BCUT2D eigenvalue weighted by Gasteiger charge is -2.45. The van der Waals surface area contributed by atoms with Crippen molar-refractivity contribution in [1.29, 1.82) is 0 Å². The quantitative estimate of drug-likeness (QED) is 0.168. The number of nitrogens with zero attached hydrogens (tertiary/aromatic N) is 2. The third-order valence-corrected chi connectivity index (χ3v) is 11.9. The van der Waals surface area contributed by atoms with Crippen molar-refractivity contribution < 1.29 is 0 Å². The highest BCUT2D eigenvalue weighted by atomic mass is 15.2. The summed E-state index contributed by atoms with van der Waals surface area (Å²) < 4.78 is 0. The van der Waals surface area contributed by atoms with Gasteiger partial charge in [-0.3, -0.25) is 0 Å². The van der Waals surface area contributed by atoms with Crippen molar-refractivity contribution in [2.24, 2.45) is 0 Å². The van der Waals surface area contributed by atoms with E-state index in [1.807, 2.05) is 0 Å². The van der Waals surface area contributed by atoms with Gasteiger partial charge in [0.1, 0.15) is 0 Å². The number of para-hydroxylation sites is 3. The maximum absolute atomic E-state index is 2.45. The molecule has 0 N–H and O–H groups in total. The van der Waals surface area contributed by atoms with Crippen LogP contribution in [-0.4, -0.2) is 0 Å². The summed E-state index contributed by atoms with van der Waals surface area (Å²) in [5, 5.41) is 0. The maximum atomic E-state index is 2.45. The van der Waals surface area contributed by atoms with Gasteiger partial charge in [0.2, 0.25) is 0 Å². The first kappa shape index (κ1) is 33.0. The second-order valence-corrected chi connectivity index (χ2v) is 14.9. The van der Waals surface area contributed by atoms with Gasteiger partial charge in [-0.2, -0.15) is 0 Å². The van der Waals surface area contributed by atoms with E-state index in [0.29, 0.717) is 0 Å². The van der Waals surface area contributed by atoms with Crippen molar-refractivity contribution in [1.82, 2.24) is 0 Å². The second-order valence-electron chi connectivity index (χ2n) is 14.9. The molecular formula is C55H38N2. The van der Waals surface area contributed by atoms with Crippen molar-refractivity contribution in [3.63, 3.8) is 0 Å². The molecule has 0 unspecified atom stereocenters. The van der Waals surface area contributed by atoms with E-state index in [1.54, 1.807) is 0 Å². The molecule has 1 aliphatic carbocycles. The normalized spacial score (nSPS) is 13.0. The largest absolute Gasteiger partial charge is 0.310 e. The minimum atomic E-state index is -0.541. The van der Waals surface area contributed by atoms with Gasteiger partial charge in [-0.1, -0.05) is 176 Å². The average molecular weight is 727 g/mol. The number of hydrogen-bond donors (Lipinski definition) is 0. The lowest BCUT2D eigenvalue weighted by atomic mass is 9.64. The maximum Gasteiger partial charge on any atom is 0.0755 e. The minimum absolute atomic E-state index is 0.541. The predicted octanol–water partition coefficient (Wildman–Crippen LogP) is 14.6. The molecule has 0 radical (unpaired) electrons. The number of rotatable bonds is 6. The first-order chi connectivity index (χ1) is 28.3. The number of fused-ring (bicyclic) bond motifs is 9. The Bertz CT molecular complexity index is 2750. The van der Waals surface area contributed by atoms with E-state index in [1.165, 1.54) is 67.0 Å². The van der Waals surface area contributed by atoms with Crippen LogP contribution in [0.2, 0.25) is 0 Å². The Morgan fingerprint density at radius 2 is 0.737 bits per heavy atom. The molecule has 0 aromatic heterocycles. The fourth-order valence-corrected chi connectivity index (χ4v) is 9.47. The highest BCUT2D eigenvalue weighted by Crippen LogP contribution is 2.65. The lowest BCUT2D eigenvalue weighted by Crippen LogP contribution is -2.36. The van der Waals surface area contributed by atoms with Crippen molar-refractivity contribution in [2.45, 2.75) is 5.41 Å². The summed E-state index contributed by atoms with van der Waals surface area (Å²) in [6.45, 7) is 0. The van der Waals surface area contributed by atoms with Gasteiger partial charge in [-0.15, -0.1) is 0 Å². The second kappa shape index (κ2) is 13.4.